The van der Waals surface area contributed by atoms with Gasteiger partial charge in [0.15, 0.2) is 18.1 Å². The molecule has 26 heavy (non-hydrogen) atoms. The maximum absolute atomic E-state index is 12.5. The number of hydrogen-bond acceptors (Lipinski definition) is 4. The van der Waals surface area contributed by atoms with Gasteiger partial charge in [-0.25, -0.2) is 0 Å². The standard InChI is InChI=1S/C21H25NO4/c1-3-24-19-12-16-10-11-22(14-17(16)13-20(19)25-4-2)21(23)15-26-18-8-6-5-7-9-18/h5-9,12-13H,3-4,10-11,14-15H2,1-2H3. The third kappa shape index (κ3) is 4.28. The van der Waals surface area contributed by atoms with E-state index < -0.39 is 0 Å². The van der Waals surface area contributed by atoms with Crippen LogP contribution in [0.5, 0.6) is 17.2 Å². The second-order valence-corrected chi connectivity index (χ2v) is 6.10. The summed E-state index contributed by atoms with van der Waals surface area (Å²) in [6.45, 7) is 6.39. The number of nitrogens with zero attached hydrogens (tertiary/aromatic N) is 1. The van der Waals surface area contributed by atoms with Gasteiger partial charge in [0.25, 0.3) is 5.91 Å². The summed E-state index contributed by atoms with van der Waals surface area (Å²) in [6, 6.07) is 13.4. The Kier molecular flexibility index (Phi) is 6.00. The molecular formula is C21H25NO4. The normalized spacial score (nSPS) is 13.1. The van der Waals surface area contributed by atoms with Crippen molar-refractivity contribution in [2.24, 2.45) is 0 Å². The monoisotopic (exact) mass is 355 g/mol. The number of benzene rings is 2. The summed E-state index contributed by atoms with van der Waals surface area (Å²) in [6.07, 6.45) is 0.804. The molecule has 5 nitrogen and oxygen atoms in total. The van der Waals surface area contributed by atoms with Gasteiger partial charge in [0.2, 0.25) is 0 Å². The summed E-state index contributed by atoms with van der Waals surface area (Å²) < 4.78 is 17.0. The molecule has 0 aromatic heterocycles. The number of amides is 1. The molecule has 3 rings (SSSR count). The van der Waals surface area contributed by atoms with Gasteiger partial charge in [0.1, 0.15) is 5.75 Å². The molecule has 0 radical (unpaired) electrons. The zero-order valence-corrected chi connectivity index (χ0v) is 15.4. The number of para-hydroxylation sites is 1. The summed E-state index contributed by atoms with van der Waals surface area (Å²) in [5.41, 5.74) is 2.32. The predicted octanol–water partition coefficient (Wildman–Crippen LogP) is 3.45. The van der Waals surface area contributed by atoms with Crippen molar-refractivity contribution in [2.75, 3.05) is 26.4 Å². The molecular weight excluding hydrogens is 330 g/mol. The van der Waals surface area contributed by atoms with E-state index in [9.17, 15) is 4.79 Å². The fourth-order valence-electron chi connectivity index (χ4n) is 3.07. The van der Waals surface area contributed by atoms with Crippen LogP contribution in [0.3, 0.4) is 0 Å². The number of ether oxygens (including phenoxy) is 3. The van der Waals surface area contributed by atoms with E-state index in [1.54, 1.807) is 0 Å². The van der Waals surface area contributed by atoms with Crippen molar-refractivity contribution >= 4 is 5.91 Å². The van der Waals surface area contributed by atoms with Crippen LogP contribution >= 0.6 is 0 Å². The molecule has 2 aromatic rings. The minimum absolute atomic E-state index is 0.00801. The lowest BCUT2D eigenvalue weighted by Crippen LogP contribution is -2.38. The second kappa shape index (κ2) is 8.61. The van der Waals surface area contributed by atoms with E-state index in [4.69, 9.17) is 14.2 Å². The summed E-state index contributed by atoms with van der Waals surface area (Å²) in [5.74, 6) is 2.22. The summed E-state index contributed by atoms with van der Waals surface area (Å²) >= 11 is 0. The van der Waals surface area contributed by atoms with Crippen LogP contribution in [0.15, 0.2) is 42.5 Å². The molecule has 1 aliphatic heterocycles. The van der Waals surface area contributed by atoms with Gasteiger partial charge < -0.3 is 19.1 Å². The first-order valence-corrected chi connectivity index (χ1v) is 9.08. The van der Waals surface area contributed by atoms with Crippen molar-refractivity contribution in [3.8, 4) is 17.2 Å². The fourth-order valence-corrected chi connectivity index (χ4v) is 3.07. The maximum Gasteiger partial charge on any atom is 0.260 e. The van der Waals surface area contributed by atoms with E-state index in [0.717, 1.165) is 23.5 Å². The van der Waals surface area contributed by atoms with Crippen LogP contribution in [0, 0.1) is 0 Å². The Morgan fingerprint density at radius 1 is 0.962 bits per heavy atom. The van der Waals surface area contributed by atoms with Crippen molar-refractivity contribution < 1.29 is 19.0 Å². The zero-order chi connectivity index (χ0) is 18.4. The highest BCUT2D eigenvalue weighted by Crippen LogP contribution is 2.34. The summed E-state index contributed by atoms with van der Waals surface area (Å²) in [7, 11) is 0. The first-order valence-electron chi connectivity index (χ1n) is 9.08. The van der Waals surface area contributed by atoms with Gasteiger partial charge in [-0.05, 0) is 55.7 Å². The van der Waals surface area contributed by atoms with E-state index in [0.29, 0.717) is 32.1 Å². The molecule has 1 heterocycles. The zero-order valence-electron chi connectivity index (χ0n) is 15.4. The topological polar surface area (TPSA) is 48.0 Å². The molecule has 2 aromatic carbocycles. The highest BCUT2D eigenvalue weighted by atomic mass is 16.5. The first-order chi connectivity index (χ1) is 12.7. The third-order valence-corrected chi connectivity index (χ3v) is 4.34. The van der Waals surface area contributed by atoms with Gasteiger partial charge in [-0.2, -0.15) is 0 Å². The van der Waals surface area contributed by atoms with Crippen molar-refractivity contribution in [1.29, 1.82) is 0 Å². The van der Waals surface area contributed by atoms with Gasteiger partial charge in [-0.15, -0.1) is 0 Å². The second-order valence-electron chi connectivity index (χ2n) is 6.10. The van der Waals surface area contributed by atoms with Gasteiger partial charge >= 0.3 is 0 Å². The molecule has 0 saturated heterocycles. The fraction of sp³-hybridized carbons (Fsp3) is 0.381. The lowest BCUT2D eigenvalue weighted by atomic mass is 9.98. The maximum atomic E-state index is 12.5. The van der Waals surface area contributed by atoms with E-state index in [-0.39, 0.29) is 12.5 Å². The average Bonchev–Trinajstić information content (AvgIpc) is 2.67. The molecule has 0 fully saturated rings. The molecule has 0 N–H and O–H groups in total. The Morgan fingerprint density at radius 2 is 1.62 bits per heavy atom. The van der Waals surface area contributed by atoms with E-state index >= 15 is 0 Å². The Bertz CT molecular complexity index is 745. The van der Waals surface area contributed by atoms with Crippen LogP contribution in [-0.4, -0.2) is 37.2 Å². The quantitative estimate of drug-likeness (QED) is 0.763. The molecule has 0 aliphatic carbocycles. The van der Waals surface area contributed by atoms with Crippen LogP contribution in [0.4, 0.5) is 0 Å². The molecule has 1 amide bonds. The molecule has 0 atom stereocenters. The van der Waals surface area contributed by atoms with Crippen molar-refractivity contribution in [3.63, 3.8) is 0 Å². The SMILES string of the molecule is CCOc1cc2c(cc1OCC)CN(C(=O)COc1ccccc1)CC2. The molecule has 0 spiro atoms. The van der Waals surface area contributed by atoms with Gasteiger partial charge in [0, 0.05) is 13.1 Å². The molecule has 1 aliphatic rings. The lowest BCUT2D eigenvalue weighted by molar-refractivity contribution is -0.134. The lowest BCUT2D eigenvalue weighted by Gasteiger charge is -2.29. The molecule has 0 saturated carbocycles. The van der Waals surface area contributed by atoms with Gasteiger partial charge in [0.05, 0.1) is 13.2 Å². The first kappa shape index (κ1) is 18.1. The third-order valence-electron chi connectivity index (χ3n) is 4.34. The van der Waals surface area contributed by atoms with E-state index in [1.165, 1.54) is 5.56 Å². The van der Waals surface area contributed by atoms with E-state index in [1.807, 2.05) is 61.2 Å². The van der Waals surface area contributed by atoms with Crippen LogP contribution < -0.4 is 14.2 Å². The largest absolute Gasteiger partial charge is 0.490 e. The number of hydrogen-bond donors (Lipinski definition) is 0. The number of fused-ring (bicyclic) bond motifs is 1. The number of carbonyl (C=O) groups excluding carboxylic acids is 1. The van der Waals surface area contributed by atoms with Crippen LogP contribution in [-0.2, 0) is 17.8 Å². The van der Waals surface area contributed by atoms with Crippen molar-refractivity contribution in [3.05, 3.63) is 53.6 Å². The highest BCUT2D eigenvalue weighted by molar-refractivity contribution is 5.78. The molecule has 138 valence electrons. The van der Waals surface area contributed by atoms with Crippen molar-refractivity contribution in [2.45, 2.75) is 26.8 Å². The summed E-state index contributed by atoms with van der Waals surface area (Å²) in [4.78, 5) is 14.3. The smallest absolute Gasteiger partial charge is 0.260 e. The van der Waals surface area contributed by atoms with Gasteiger partial charge in [-0.3, -0.25) is 4.79 Å². The van der Waals surface area contributed by atoms with E-state index in [2.05, 4.69) is 0 Å². The minimum atomic E-state index is -0.00801. The van der Waals surface area contributed by atoms with Crippen LogP contribution in [0.1, 0.15) is 25.0 Å². The Hall–Kier alpha value is -2.69. The molecule has 0 bridgehead atoms. The number of rotatable bonds is 7. The van der Waals surface area contributed by atoms with Crippen molar-refractivity contribution in [1.82, 2.24) is 4.90 Å². The predicted molar refractivity (Wildman–Crippen MR) is 99.8 cm³/mol. The molecule has 5 heteroatoms. The number of carbonyl (C=O) groups is 1. The summed E-state index contributed by atoms with van der Waals surface area (Å²) in [5, 5.41) is 0. The van der Waals surface area contributed by atoms with Crippen LogP contribution in [0.25, 0.3) is 0 Å². The minimum Gasteiger partial charge on any atom is -0.490 e. The van der Waals surface area contributed by atoms with Crippen LogP contribution in [0.2, 0.25) is 0 Å². The highest BCUT2D eigenvalue weighted by Gasteiger charge is 2.23. The Labute approximate surface area is 154 Å². The Morgan fingerprint density at radius 3 is 2.27 bits per heavy atom. The van der Waals surface area contributed by atoms with Gasteiger partial charge in [-0.1, -0.05) is 18.2 Å². The average molecular weight is 355 g/mol. The molecule has 0 unspecified atom stereocenters. The Balaban J connectivity index is 1.68.